The van der Waals surface area contributed by atoms with Gasteiger partial charge in [0, 0.05) is 0 Å². The van der Waals surface area contributed by atoms with E-state index in [2.05, 4.69) is 14.9 Å². The molecule has 1 atom stereocenters. The van der Waals surface area contributed by atoms with Crippen LogP contribution in [0.15, 0.2) is 33.9 Å². The molecule has 2 aromatic rings. The molecular weight excluding hydrogens is 316 g/mol. The molecule has 1 aromatic carbocycles. The molecule has 0 aliphatic rings. The predicted molar refractivity (Wildman–Crippen MR) is 77.4 cm³/mol. The van der Waals surface area contributed by atoms with Crippen molar-refractivity contribution in [1.82, 2.24) is 10.2 Å². The topological polar surface area (TPSA) is 74.5 Å². The van der Waals surface area contributed by atoms with Gasteiger partial charge in [-0.1, -0.05) is 35.5 Å². The van der Waals surface area contributed by atoms with Gasteiger partial charge in [0.2, 0.25) is 0 Å². The average molecular weight is 329 g/mol. The number of carbonyl (C=O) groups excluding carboxylic acids is 1. The van der Waals surface area contributed by atoms with E-state index in [0.717, 1.165) is 11.8 Å². The summed E-state index contributed by atoms with van der Waals surface area (Å²) in [6, 6.07) is 7.09. The van der Waals surface area contributed by atoms with Gasteiger partial charge in [-0.2, -0.15) is 0 Å². The first-order chi connectivity index (χ1) is 10.1. The zero-order chi connectivity index (χ0) is 15.2. The van der Waals surface area contributed by atoms with E-state index in [0.29, 0.717) is 16.7 Å². The molecule has 21 heavy (non-hydrogen) atoms. The largest absolute Gasteiger partial charge is 0.482 e. The lowest BCUT2D eigenvalue weighted by Crippen LogP contribution is -2.14. The maximum atomic E-state index is 11.3. The lowest BCUT2D eigenvalue weighted by atomic mass is 10.3. The van der Waals surface area contributed by atoms with Crippen LogP contribution < -0.4 is 4.74 Å². The Morgan fingerprint density at radius 1 is 1.43 bits per heavy atom. The monoisotopic (exact) mass is 328 g/mol. The van der Waals surface area contributed by atoms with Gasteiger partial charge in [0.25, 0.3) is 11.1 Å². The number of esters is 1. The van der Waals surface area contributed by atoms with Gasteiger partial charge >= 0.3 is 5.97 Å². The van der Waals surface area contributed by atoms with Crippen molar-refractivity contribution in [2.45, 2.75) is 24.0 Å². The second-order valence-corrected chi connectivity index (χ2v) is 5.66. The minimum atomic E-state index is -0.423. The van der Waals surface area contributed by atoms with Crippen LogP contribution in [0.2, 0.25) is 5.02 Å². The lowest BCUT2D eigenvalue weighted by molar-refractivity contribution is -0.139. The van der Waals surface area contributed by atoms with E-state index in [1.54, 1.807) is 19.1 Å². The second kappa shape index (κ2) is 7.33. The van der Waals surface area contributed by atoms with Crippen LogP contribution in [0.25, 0.3) is 0 Å². The molecule has 112 valence electrons. The van der Waals surface area contributed by atoms with E-state index in [1.165, 1.54) is 7.11 Å². The first-order valence-electron chi connectivity index (χ1n) is 6.04. The standard InChI is InChI=1S/C13H13ClN2O4S/c1-8(12(17)18-2)21-13-16-15-11(20-13)7-19-10-6-4-3-5-9(10)14/h3-6,8H,7H2,1-2H3/t8-/m1/s1. The number of hydrogen-bond donors (Lipinski definition) is 0. The van der Waals surface area contributed by atoms with Gasteiger partial charge in [-0.3, -0.25) is 4.79 Å². The van der Waals surface area contributed by atoms with Crippen molar-refractivity contribution >= 4 is 29.3 Å². The van der Waals surface area contributed by atoms with E-state index in [9.17, 15) is 4.79 Å². The number of para-hydroxylation sites is 1. The highest BCUT2D eigenvalue weighted by Gasteiger charge is 2.18. The summed E-state index contributed by atoms with van der Waals surface area (Å²) >= 11 is 7.09. The normalized spacial score (nSPS) is 12.0. The summed E-state index contributed by atoms with van der Waals surface area (Å²) in [5, 5.41) is 8.04. The Hall–Kier alpha value is -1.73. The van der Waals surface area contributed by atoms with Crippen LogP contribution in [-0.4, -0.2) is 28.5 Å². The molecule has 0 saturated heterocycles. The third-order valence-electron chi connectivity index (χ3n) is 2.45. The minimum absolute atomic E-state index is 0.101. The molecule has 1 aromatic heterocycles. The highest BCUT2D eigenvalue weighted by atomic mass is 35.5. The van der Waals surface area contributed by atoms with Crippen LogP contribution in [0.3, 0.4) is 0 Å². The van der Waals surface area contributed by atoms with Gasteiger partial charge in [-0.25, -0.2) is 0 Å². The maximum absolute atomic E-state index is 11.3. The Morgan fingerprint density at radius 3 is 2.90 bits per heavy atom. The number of carbonyl (C=O) groups is 1. The molecule has 1 heterocycles. The number of methoxy groups -OCH3 is 1. The number of ether oxygens (including phenoxy) is 2. The first-order valence-corrected chi connectivity index (χ1v) is 7.30. The van der Waals surface area contributed by atoms with Crippen molar-refractivity contribution in [2.24, 2.45) is 0 Å². The molecule has 0 aliphatic heterocycles. The van der Waals surface area contributed by atoms with Crippen molar-refractivity contribution in [1.29, 1.82) is 0 Å². The molecule has 8 heteroatoms. The van der Waals surface area contributed by atoms with Gasteiger partial charge in [0.15, 0.2) is 6.61 Å². The number of aromatic nitrogens is 2. The Morgan fingerprint density at radius 2 is 2.19 bits per heavy atom. The summed E-state index contributed by atoms with van der Waals surface area (Å²) in [4.78, 5) is 11.3. The van der Waals surface area contributed by atoms with Crippen LogP contribution in [0.5, 0.6) is 5.75 Å². The molecule has 0 amide bonds. The fourth-order valence-corrected chi connectivity index (χ4v) is 2.33. The maximum Gasteiger partial charge on any atom is 0.319 e. The van der Waals surface area contributed by atoms with Gasteiger partial charge in [0.1, 0.15) is 11.0 Å². The second-order valence-electron chi connectivity index (χ2n) is 3.96. The zero-order valence-electron chi connectivity index (χ0n) is 11.4. The Kier molecular flexibility index (Phi) is 5.46. The van der Waals surface area contributed by atoms with Crippen LogP contribution in [0, 0.1) is 0 Å². The quantitative estimate of drug-likeness (QED) is 0.596. The van der Waals surface area contributed by atoms with Crippen LogP contribution in [0.4, 0.5) is 0 Å². The van der Waals surface area contributed by atoms with Crippen molar-refractivity contribution in [2.75, 3.05) is 7.11 Å². The van der Waals surface area contributed by atoms with Crippen molar-refractivity contribution in [3.8, 4) is 5.75 Å². The highest BCUT2D eigenvalue weighted by molar-refractivity contribution is 8.00. The van der Waals surface area contributed by atoms with E-state index >= 15 is 0 Å². The van der Waals surface area contributed by atoms with E-state index in [4.69, 9.17) is 20.8 Å². The Bertz CT molecular complexity index is 620. The minimum Gasteiger partial charge on any atom is -0.482 e. The van der Waals surface area contributed by atoms with Gasteiger partial charge < -0.3 is 13.9 Å². The summed E-state index contributed by atoms with van der Waals surface area (Å²) in [7, 11) is 1.33. The third kappa shape index (κ3) is 4.37. The van der Waals surface area contributed by atoms with Crippen LogP contribution in [0.1, 0.15) is 12.8 Å². The average Bonchev–Trinajstić information content (AvgIpc) is 2.93. The molecule has 0 saturated carbocycles. The predicted octanol–water partition coefficient (Wildman–Crippen LogP) is 2.96. The van der Waals surface area contributed by atoms with Crippen LogP contribution >= 0.6 is 23.4 Å². The number of thioether (sulfide) groups is 1. The number of nitrogens with zero attached hydrogens (tertiary/aromatic N) is 2. The molecule has 0 unspecified atom stereocenters. The van der Waals surface area contributed by atoms with Crippen molar-refractivity contribution < 1.29 is 18.7 Å². The molecular formula is C13H13ClN2O4S. The molecule has 6 nitrogen and oxygen atoms in total. The number of halogens is 1. The van der Waals surface area contributed by atoms with Crippen molar-refractivity contribution in [3.63, 3.8) is 0 Å². The highest BCUT2D eigenvalue weighted by Crippen LogP contribution is 2.25. The summed E-state index contributed by atoms with van der Waals surface area (Å²) in [5.41, 5.74) is 0. The van der Waals surface area contributed by atoms with Crippen LogP contribution in [-0.2, 0) is 16.1 Å². The molecule has 0 fully saturated rings. The number of rotatable bonds is 6. The first kappa shape index (κ1) is 15.7. The van der Waals surface area contributed by atoms with E-state index in [-0.39, 0.29) is 17.8 Å². The zero-order valence-corrected chi connectivity index (χ0v) is 13.0. The molecule has 0 aliphatic carbocycles. The summed E-state index contributed by atoms with van der Waals surface area (Å²) in [6.45, 7) is 1.80. The summed E-state index contributed by atoms with van der Waals surface area (Å²) in [6.07, 6.45) is 0. The fourth-order valence-electron chi connectivity index (χ4n) is 1.41. The lowest BCUT2D eigenvalue weighted by Gasteiger charge is -2.05. The molecule has 0 radical (unpaired) electrons. The van der Waals surface area contributed by atoms with Gasteiger partial charge in [-0.15, -0.1) is 10.2 Å². The van der Waals surface area contributed by atoms with E-state index in [1.807, 2.05) is 12.1 Å². The SMILES string of the molecule is COC(=O)[C@@H](C)Sc1nnc(COc2ccccc2Cl)o1. The Labute approximate surface area is 130 Å². The molecule has 2 rings (SSSR count). The smallest absolute Gasteiger partial charge is 0.319 e. The molecule has 0 N–H and O–H groups in total. The third-order valence-corrected chi connectivity index (χ3v) is 3.67. The summed E-state index contributed by atoms with van der Waals surface area (Å²) < 4.78 is 15.5. The van der Waals surface area contributed by atoms with Crippen molar-refractivity contribution in [3.05, 3.63) is 35.2 Å². The molecule has 0 bridgehead atoms. The molecule has 0 spiro atoms. The van der Waals surface area contributed by atoms with E-state index < -0.39 is 5.25 Å². The Balaban J connectivity index is 1.91. The van der Waals surface area contributed by atoms with Gasteiger partial charge in [0.05, 0.1) is 12.1 Å². The number of benzene rings is 1. The number of hydrogen-bond acceptors (Lipinski definition) is 7. The summed E-state index contributed by atoms with van der Waals surface area (Å²) in [5.74, 6) is 0.482. The van der Waals surface area contributed by atoms with Gasteiger partial charge in [-0.05, 0) is 19.1 Å². The fraction of sp³-hybridized carbons (Fsp3) is 0.308.